The second-order valence-electron chi connectivity index (χ2n) is 2.62. The van der Waals surface area contributed by atoms with Gasteiger partial charge >= 0.3 is 0 Å². The van der Waals surface area contributed by atoms with Crippen LogP contribution in [0.5, 0.6) is 0 Å². The van der Waals surface area contributed by atoms with Gasteiger partial charge in [-0.15, -0.1) is 0 Å². The SMILES string of the molecule is C/N=C\C=C/N(C)C=C(C)C. The predicted octanol–water partition coefficient (Wildman–Crippen LogP) is 2.06. The van der Waals surface area contributed by atoms with Gasteiger partial charge in [0, 0.05) is 32.7 Å². The fourth-order valence-electron chi connectivity index (χ4n) is 0.711. The molecule has 0 aromatic carbocycles. The van der Waals surface area contributed by atoms with Crippen LogP contribution >= 0.6 is 0 Å². The molecule has 0 bridgehead atoms. The van der Waals surface area contributed by atoms with E-state index in [1.165, 1.54) is 5.57 Å². The maximum atomic E-state index is 3.83. The number of hydrogen-bond donors (Lipinski definition) is 0. The molecular weight excluding hydrogens is 136 g/mol. The zero-order valence-corrected chi connectivity index (χ0v) is 7.70. The van der Waals surface area contributed by atoms with E-state index in [4.69, 9.17) is 0 Å². The summed E-state index contributed by atoms with van der Waals surface area (Å²) in [4.78, 5) is 5.82. The summed E-state index contributed by atoms with van der Waals surface area (Å²) in [6, 6.07) is 0. The Morgan fingerprint density at radius 3 is 2.45 bits per heavy atom. The van der Waals surface area contributed by atoms with Crippen LogP contribution in [0.3, 0.4) is 0 Å². The van der Waals surface area contributed by atoms with Gasteiger partial charge in [0.1, 0.15) is 0 Å². The van der Waals surface area contributed by atoms with Crippen LogP contribution in [-0.4, -0.2) is 25.2 Å². The highest BCUT2D eigenvalue weighted by atomic mass is 15.0. The van der Waals surface area contributed by atoms with Gasteiger partial charge in [0.25, 0.3) is 0 Å². The molecule has 0 amide bonds. The Bertz CT molecular complexity index is 174. The van der Waals surface area contributed by atoms with E-state index in [1.807, 2.05) is 24.2 Å². The van der Waals surface area contributed by atoms with Crippen molar-refractivity contribution in [2.75, 3.05) is 14.1 Å². The molecule has 0 aliphatic carbocycles. The minimum absolute atomic E-state index is 1.28. The molecule has 0 aliphatic heterocycles. The average Bonchev–Trinajstić information content (AvgIpc) is 1.86. The fourth-order valence-corrected chi connectivity index (χ4v) is 0.711. The first-order chi connectivity index (χ1) is 5.16. The molecule has 0 saturated carbocycles. The highest BCUT2D eigenvalue weighted by Crippen LogP contribution is 1.92. The summed E-state index contributed by atoms with van der Waals surface area (Å²) in [5, 5.41) is 0. The molecule has 11 heavy (non-hydrogen) atoms. The molecule has 0 fully saturated rings. The van der Waals surface area contributed by atoms with Crippen LogP contribution in [0.2, 0.25) is 0 Å². The summed E-state index contributed by atoms with van der Waals surface area (Å²) in [5.41, 5.74) is 1.28. The van der Waals surface area contributed by atoms with Gasteiger partial charge in [-0.2, -0.15) is 0 Å². The maximum absolute atomic E-state index is 3.83. The highest BCUT2D eigenvalue weighted by Gasteiger charge is 1.81. The van der Waals surface area contributed by atoms with Crippen molar-refractivity contribution in [1.82, 2.24) is 4.90 Å². The Morgan fingerprint density at radius 1 is 1.36 bits per heavy atom. The summed E-state index contributed by atoms with van der Waals surface area (Å²) >= 11 is 0. The molecule has 0 spiro atoms. The molecule has 0 unspecified atom stereocenters. The Balaban J connectivity index is 3.87. The minimum atomic E-state index is 1.28. The van der Waals surface area contributed by atoms with Crippen molar-refractivity contribution in [3.63, 3.8) is 0 Å². The average molecular weight is 152 g/mol. The first kappa shape index (κ1) is 9.95. The lowest BCUT2D eigenvalue weighted by Gasteiger charge is -2.06. The molecule has 0 N–H and O–H groups in total. The summed E-state index contributed by atoms with van der Waals surface area (Å²) < 4.78 is 0. The molecule has 62 valence electrons. The highest BCUT2D eigenvalue weighted by molar-refractivity contribution is 5.70. The summed E-state index contributed by atoms with van der Waals surface area (Å²) in [6.07, 6.45) is 7.68. The molecule has 0 rings (SSSR count). The van der Waals surface area contributed by atoms with Crippen LogP contribution in [-0.2, 0) is 0 Å². The zero-order chi connectivity index (χ0) is 8.69. The van der Waals surface area contributed by atoms with E-state index in [1.54, 1.807) is 13.3 Å². The van der Waals surface area contributed by atoms with Gasteiger partial charge in [0.05, 0.1) is 0 Å². The van der Waals surface area contributed by atoms with Gasteiger partial charge in [-0.1, -0.05) is 5.57 Å². The largest absolute Gasteiger partial charge is 0.357 e. The van der Waals surface area contributed by atoms with Gasteiger partial charge < -0.3 is 4.90 Å². The normalized spacial score (nSPS) is 10.9. The summed E-state index contributed by atoms with van der Waals surface area (Å²) in [6.45, 7) is 4.14. The third kappa shape index (κ3) is 6.84. The van der Waals surface area contributed by atoms with Gasteiger partial charge in [-0.25, -0.2) is 0 Å². The van der Waals surface area contributed by atoms with E-state index in [0.29, 0.717) is 0 Å². The second kappa shape index (κ2) is 5.71. The molecule has 0 aromatic rings. The smallest absolute Gasteiger partial charge is 0.0277 e. The van der Waals surface area contributed by atoms with Crippen molar-refractivity contribution in [1.29, 1.82) is 0 Å². The topological polar surface area (TPSA) is 15.6 Å². The third-order valence-corrected chi connectivity index (χ3v) is 1.02. The van der Waals surface area contributed by atoms with Crippen LogP contribution in [0.1, 0.15) is 13.8 Å². The number of rotatable bonds is 3. The second-order valence-corrected chi connectivity index (χ2v) is 2.62. The molecule has 0 atom stereocenters. The molecule has 2 nitrogen and oxygen atoms in total. The number of nitrogens with zero attached hydrogens (tertiary/aromatic N) is 2. The van der Waals surface area contributed by atoms with Gasteiger partial charge in [0.2, 0.25) is 0 Å². The molecule has 2 heteroatoms. The maximum Gasteiger partial charge on any atom is 0.0277 e. The predicted molar refractivity (Wildman–Crippen MR) is 50.8 cm³/mol. The molecule has 0 aliphatic rings. The van der Waals surface area contributed by atoms with Crippen molar-refractivity contribution in [3.05, 3.63) is 24.0 Å². The Morgan fingerprint density at radius 2 is 2.00 bits per heavy atom. The molecule has 0 saturated heterocycles. The monoisotopic (exact) mass is 152 g/mol. The van der Waals surface area contributed by atoms with E-state index in [0.717, 1.165) is 0 Å². The quantitative estimate of drug-likeness (QED) is 0.565. The zero-order valence-electron chi connectivity index (χ0n) is 7.70. The van der Waals surface area contributed by atoms with Crippen LogP contribution in [0, 0.1) is 0 Å². The minimum Gasteiger partial charge on any atom is -0.357 e. The molecule has 0 radical (unpaired) electrons. The fraction of sp³-hybridized carbons (Fsp3) is 0.444. The first-order valence-corrected chi connectivity index (χ1v) is 3.62. The first-order valence-electron chi connectivity index (χ1n) is 3.62. The lowest BCUT2D eigenvalue weighted by Crippen LogP contribution is -2.00. The van der Waals surface area contributed by atoms with E-state index in [2.05, 4.69) is 25.0 Å². The van der Waals surface area contributed by atoms with E-state index in [9.17, 15) is 0 Å². The van der Waals surface area contributed by atoms with Crippen LogP contribution in [0.25, 0.3) is 0 Å². The van der Waals surface area contributed by atoms with Crippen LogP contribution in [0.15, 0.2) is 29.0 Å². The summed E-state index contributed by atoms with van der Waals surface area (Å²) in [7, 11) is 3.75. The third-order valence-electron chi connectivity index (χ3n) is 1.02. The van der Waals surface area contributed by atoms with Crippen molar-refractivity contribution in [2.45, 2.75) is 13.8 Å². The molecule has 0 heterocycles. The van der Waals surface area contributed by atoms with Crippen LogP contribution in [0.4, 0.5) is 0 Å². The van der Waals surface area contributed by atoms with Gasteiger partial charge in [-0.05, 0) is 19.9 Å². The van der Waals surface area contributed by atoms with Crippen LogP contribution < -0.4 is 0 Å². The number of aliphatic imine (C=N–C) groups is 1. The standard InChI is InChI=1S/C9H16N2/c1-9(2)8-11(4)7-5-6-10-3/h5-8H,1-4H3/b7-5-,10-6-. The van der Waals surface area contributed by atoms with E-state index < -0.39 is 0 Å². The number of allylic oxidation sites excluding steroid dienone is 2. The Kier molecular flexibility index (Phi) is 5.17. The van der Waals surface area contributed by atoms with Gasteiger partial charge in [-0.3, -0.25) is 4.99 Å². The summed E-state index contributed by atoms with van der Waals surface area (Å²) in [5.74, 6) is 0. The number of hydrogen-bond acceptors (Lipinski definition) is 2. The van der Waals surface area contributed by atoms with Crippen molar-refractivity contribution in [2.24, 2.45) is 4.99 Å². The van der Waals surface area contributed by atoms with Crippen molar-refractivity contribution in [3.8, 4) is 0 Å². The van der Waals surface area contributed by atoms with Gasteiger partial charge in [0.15, 0.2) is 0 Å². The lowest BCUT2D eigenvalue weighted by atomic mass is 10.4. The Labute approximate surface area is 68.9 Å². The van der Waals surface area contributed by atoms with E-state index in [-0.39, 0.29) is 0 Å². The lowest BCUT2D eigenvalue weighted by molar-refractivity contribution is 0.620. The molecule has 0 aromatic heterocycles. The van der Waals surface area contributed by atoms with Crippen molar-refractivity contribution >= 4 is 6.21 Å². The molecular formula is C9H16N2. The Hall–Kier alpha value is -1.05. The van der Waals surface area contributed by atoms with E-state index >= 15 is 0 Å². The van der Waals surface area contributed by atoms with Crippen molar-refractivity contribution < 1.29 is 0 Å².